The Balaban J connectivity index is 1.54. The van der Waals surface area contributed by atoms with Crippen LogP contribution in [0.4, 0.5) is 4.39 Å². The van der Waals surface area contributed by atoms with Gasteiger partial charge in [0.2, 0.25) is 5.91 Å². The summed E-state index contributed by atoms with van der Waals surface area (Å²) in [5.74, 6) is -0.117. The third-order valence-electron chi connectivity index (χ3n) is 5.93. The predicted octanol–water partition coefficient (Wildman–Crippen LogP) is 3.38. The van der Waals surface area contributed by atoms with Gasteiger partial charge in [0.1, 0.15) is 18.2 Å². The lowest BCUT2D eigenvalue weighted by Crippen LogP contribution is -2.41. The zero-order valence-corrected chi connectivity index (χ0v) is 19.1. The number of fused-ring (bicyclic) bond motifs is 1. The molecule has 4 rings (SSSR count). The first kappa shape index (κ1) is 22.9. The second kappa shape index (κ2) is 10.1. The summed E-state index contributed by atoms with van der Waals surface area (Å²) < 4.78 is 15.3. The normalized spacial score (nSPS) is 13.7. The number of aromatic nitrogens is 2. The average molecular weight is 449 g/mol. The maximum Gasteiger partial charge on any atom is 0.258 e. The number of amides is 1. The van der Waals surface area contributed by atoms with Gasteiger partial charge < -0.3 is 5.32 Å². The number of benzene rings is 2. The first-order valence-corrected chi connectivity index (χ1v) is 11.3. The molecule has 6 nitrogen and oxygen atoms in total. The van der Waals surface area contributed by atoms with Gasteiger partial charge in [0.25, 0.3) is 5.56 Å². The van der Waals surface area contributed by atoms with E-state index < -0.39 is 0 Å². The molecule has 1 aromatic heterocycles. The SMILES string of the molecule is CC(C)c1nc2c(c(=O)n1CC(=O)NCc1ccccc1F)CN(Cc1ccccc1)CC2. The Morgan fingerprint density at radius 2 is 1.85 bits per heavy atom. The number of rotatable bonds is 7. The van der Waals surface area contributed by atoms with E-state index in [9.17, 15) is 14.0 Å². The lowest BCUT2D eigenvalue weighted by Gasteiger charge is -2.29. The van der Waals surface area contributed by atoms with Gasteiger partial charge in [0.05, 0.1) is 11.3 Å². The molecule has 1 aliphatic rings. The molecule has 1 aliphatic heterocycles. The van der Waals surface area contributed by atoms with Gasteiger partial charge in [-0.3, -0.25) is 19.1 Å². The third-order valence-corrected chi connectivity index (χ3v) is 5.93. The molecular weight excluding hydrogens is 419 g/mol. The van der Waals surface area contributed by atoms with Gasteiger partial charge in [-0.2, -0.15) is 0 Å². The Morgan fingerprint density at radius 1 is 1.12 bits per heavy atom. The molecule has 0 spiro atoms. The highest BCUT2D eigenvalue weighted by atomic mass is 19.1. The third kappa shape index (κ3) is 5.37. The predicted molar refractivity (Wildman–Crippen MR) is 125 cm³/mol. The number of carbonyl (C=O) groups excluding carboxylic acids is 1. The lowest BCUT2D eigenvalue weighted by atomic mass is 10.0. The van der Waals surface area contributed by atoms with Gasteiger partial charge in [-0.1, -0.05) is 62.4 Å². The maximum atomic E-state index is 13.9. The molecular formula is C26H29FN4O2. The quantitative estimate of drug-likeness (QED) is 0.602. The fraction of sp³-hybridized carbons (Fsp3) is 0.346. The van der Waals surface area contributed by atoms with Gasteiger partial charge >= 0.3 is 0 Å². The van der Waals surface area contributed by atoms with Crippen molar-refractivity contribution in [2.45, 2.75) is 52.4 Å². The van der Waals surface area contributed by atoms with Crippen LogP contribution in [0.25, 0.3) is 0 Å². The zero-order valence-electron chi connectivity index (χ0n) is 19.1. The Labute approximate surface area is 193 Å². The molecule has 0 bridgehead atoms. The Morgan fingerprint density at radius 3 is 2.58 bits per heavy atom. The van der Waals surface area contributed by atoms with Gasteiger partial charge in [-0.05, 0) is 11.6 Å². The summed E-state index contributed by atoms with van der Waals surface area (Å²) >= 11 is 0. The van der Waals surface area contributed by atoms with E-state index in [-0.39, 0.29) is 36.3 Å². The van der Waals surface area contributed by atoms with Gasteiger partial charge in [-0.15, -0.1) is 0 Å². The van der Waals surface area contributed by atoms with Crippen LogP contribution in [0.15, 0.2) is 59.4 Å². The van der Waals surface area contributed by atoms with Crippen molar-refractivity contribution in [1.29, 1.82) is 0 Å². The lowest BCUT2D eigenvalue weighted by molar-refractivity contribution is -0.121. The topological polar surface area (TPSA) is 67.2 Å². The summed E-state index contributed by atoms with van der Waals surface area (Å²) in [6.45, 7) is 5.96. The molecule has 1 N–H and O–H groups in total. The zero-order chi connectivity index (χ0) is 23.4. The van der Waals surface area contributed by atoms with Crippen LogP contribution in [-0.2, 0) is 37.4 Å². The monoisotopic (exact) mass is 448 g/mol. The number of carbonyl (C=O) groups is 1. The van der Waals surface area contributed by atoms with E-state index in [1.54, 1.807) is 18.2 Å². The van der Waals surface area contributed by atoms with Crippen LogP contribution in [0.5, 0.6) is 0 Å². The van der Waals surface area contributed by atoms with E-state index in [1.807, 2.05) is 32.0 Å². The van der Waals surface area contributed by atoms with Crippen LogP contribution in [0.2, 0.25) is 0 Å². The number of nitrogens with one attached hydrogen (secondary N) is 1. The fourth-order valence-corrected chi connectivity index (χ4v) is 4.19. The Bertz CT molecular complexity index is 1190. The molecule has 2 heterocycles. The van der Waals surface area contributed by atoms with Crippen molar-refractivity contribution in [2.75, 3.05) is 6.54 Å². The minimum atomic E-state index is -0.369. The summed E-state index contributed by atoms with van der Waals surface area (Å²) in [7, 11) is 0. The van der Waals surface area contributed by atoms with Crippen LogP contribution in [-0.4, -0.2) is 26.9 Å². The van der Waals surface area contributed by atoms with Crippen molar-refractivity contribution < 1.29 is 9.18 Å². The van der Waals surface area contributed by atoms with E-state index in [0.717, 1.165) is 18.8 Å². The molecule has 7 heteroatoms. The fourth-order valence-electron chi connectivity index (χ4n) is 4.19. The molecule has 172 valence electrons. The van der Waals surface area contributed by atoms with Crippen molar-refractivity contribution >= 4 is 5.91 Å². The Hall–Kier alpha value is -3.32. The van der Waals surface area contributed by atoms with Crippen LogP contribution in [0.3, 0.4) is 0 Å². The van der Waals surface area contributed by atoms with Crippen molar-refractivity contribution in [3.8, 4) is 0 Å². The summed E-state index contributed by atoms with van der Waals surface area (Å²) in [6, 6.07) is 16.5. The molecule has 0 unspecified atom stereocenters. The first-order chi connectivity index (χ1) is 15.9. The van der Waals surface area contributed by atoms with E-state index >= 15 is 0 Å². The molecule has 3 aromatic rings. The van der Waals surface area contributed by atoms with E-state index in [4.69, 9.17) is 4.98 Å². The number of hydrogen-bond donors (Lipinski definition) is 1. The molecule has 0 radical (unpaired) electrons. The maximum absolute atomic E-state index is 13.9. The van der Waals surface area contributed by atoms with Gasteiger partial charge in [0.15, 0.2) is 0 Å². The molecule has 0 fully saturated rings. The standard InChI is InChI=1S/C26H29FN4O2/c1-18(2)25-29-23-12-13-30(15-19-8-4-3-5-9-19)16-21(23)26(33)31(25)17-24(32)28-14-20-10-6-7-11-22(20)27/h3-11,18H,12-17H2,1-2H3,(H,28,32). The molecule has 2 aromatic carbocycles. The van der Waals surface area contributed by atoms with Crippen LogP contribution >= 0.6 is 0 Å². The van der Waals surface area contributed by atoms with Crippen molar-refractivity contribution in [3.05, 3.63) is 99.0 Å². The average Bonchev–Trinajstić information content (AvgIpc) is 2.81. The number of halogens is 1. The summed E-state index contributed by atoms with van der Waals surface area (Å²) in [4.78, 5) is 33.2. The van der Waals surface area contributed by atoms with Crippen molar-refractivity contribution in [2.24, 2.45) is 0 Å². The first-order valence-electron chi connectivity index (χ1n) is 11.3. The highest BCUT2D eigenvalue weighted by Crippen LogP contribution is 2.20. The Kier molecular flexibility index (Phi) is 6.99. The second-order valence-corrected chi connectivity index (χ2v) is 8.76. The van der Waals surface area contributed by atoms with Gasteiger partial charge in [0, 0.05) is 44.1 Å². The molecule has 0 saturated heterocycles. The van der Waals surface area contributed by atoms with E-state index in [2.05, 4.69) is 22.3 Å². The summed E-state index contributed by atoms with van der Waals surface area (Å²) in [6.07, 6.45) is 0.706. The van der Waals surface area contributed by atoms with Crippen LogP contribution in [0, 0.1) is 5.82 Å². The summed E-state index contributed by atoms with van der Waals surface area (Å²) in [5.41, 5.74) is 2.92. The van der Waals surface area contributed by atoms with Crippen molar-refractivity contribution in [3.63, 3.8) is 0 Å². The van der Waals surface area contributed by atoms with Crippen LogP contribution in [0.1, 0.15) is 48.0 Å². The number of nitrogens with zero attached hydrogens (tertiary/aromatic N) is 3. The van der Waals surface area contributed by atoms with Crippen molar-refractivity contribution in [1.82, 2.24) is 19.8 Å². The second-order valence-electron chi connectivity index (χ2n) is 8.76. The van der Waals surface area contributed by atoms with Crippen LogP contribution < -0.4 is 10.9 Å². The molecule has 33 heavy (non-hydrogen) atoms. The van der Waals surface area contributed by atoms with Gasteiger partial charge in [-0.25, -0.2) is 9.37 Å². The summed E-state index contributed by atoms with van der Waals surface area (Å²) in [5, 5.41) is 2.73. The largest absolute Gasteiger partial charge is 0.350 e. The van der Waals surface area contributed by atoms with E-state index in [0.29, 0.717) is 29.9 Å². The molecule has 1 amide bonds. The highest BCUT2D eigenvalue weighted by Gasteiger charge is 2.25. The molecule has 0 aliphatic carbocycles. The minimum absolute atomic E-state index is 0.00952. The molecule has 0 saturated carbocycles. The van der Waals surface area contributed by atoms with E-state index in [1.165, 1.54) is 16.2 Å². The minimum Gasteiger partial charge on any atom is -0.350 e. The number of hydrogen-bond acceptors (Lipinski definition) is 4. The smallest absolute Gasteiger partial charge is 0.258 e. The molecule has 0 atom stereocenters. The highest BCUT2D eigenvalue weighted by molar-refractivity contribution is 5.75.